The van der Waals surface area contributed by atoms with E-state index in [0.717, 1.165) is 13.0 Å². The van der Waals surface area contributed by atoms with Crippen LogP contribution < -0.4 is 11.1 Å². The van der Waals surface area contributed by atoms with Gasteiger partial charge in [0.05, 0.1) is 12.2 Å². The first-order chi connectivity index (χ1) is 6.25. The average molecular weight is 216 g/mol. The number of hydrogen-bond donors (Lipinski definition) is 2. The highest BCUT2D eigenvalue weighted by molar-refractivity contribution is 5.85. The van der Waals surface area contributed by atoms with Crippen molar-refractivity contribution in [1.82, 2.24) is 15.1 Å². The van der Waals surface area contributed by atoms with Gasteiger partial charge >= 0.3 is 0 Å². The van der Waals surface area contributed by atoms with E-state index in [2.05, 4.69) is 15.4 Å². The van der Waals surface area contributed by atoms with Crippen LogP contribution in [0.25, 0.3) is 0 Å². The summed E-state index contributed by atoms with van der Waals surface area (Å²) >= 11 is 0. The van der Waals surface area contributed by atoms with Crippen LogP contribution in [0.5, 0.6) is 0 Å². The zero-order valence-corrected chi connectivity index (χ0v) is 8.79. The molecule has 1 aromatic rings. The Balaban J connectivity index is 0.000000980. The van der Waals surface area contributed by atoms with Crippen molar-refractivity contribution < 1.29 is 0 Å². The molecule has 14 heavy (non-hydrogen) atoms. The summed E-state index contributed by atoms with van der Waals surface area (Å²) in [6, 6.07) is 0.270. The fourth-order valence-corrected chi connectivity index (χ4v) is 1.48. The number of hydrogen-bond acceptors (Lipinski definition) is 4. The molecule has 0 saturated carbocycles. The van der Waals surface area contributed by atoms with Gasteiger partial charge in [0.15, 0.2) is 5.96 Å². The Hall–Kier alpha value is -1.23. The first-order valence-electron chi connectivity index (χ1n) is 4.31. The molecule has 0 spiro atoms. The van der Waals surface area contributed by atoms with E-state index in [9.17, 15) is 0 Å². The van der Waals surface area contributed by atoms with Gasteiger partial charge in [-0.1, -0.05) is 0 Å². The summed E-state index contributed by atoms with van der Waals surface area (Å²) in [7, 11) is 1.91. The molecule has 0 fully saturated rings. The van der Waals surface area contributed by atoms with Crippen molar-refractivity contribution in [3.05, 3.63) is 18.0 Å². The molecule has 78 valence electrons. The van der Waals surface area contributed by atoms with E-state index in [1.165, 1.54) is 5.56 Å². The Morgan fingerprint density at radius 2 is 2.43 bits per heavy atom. The topological polar surface area (TPSA) is 68.2 Å². The molecule has 0 amide bonds. The third-order valence-electron chi connectivity index (χ3n) is 2.15. The molecule has 3 N–H and O–H groups in total. The Labute approximate surface area is 88.8 Å². The lowest BCUT2D eigenvalue weighted by atomic mass is 10.1. The van der Waals surface area contributed by atoms with Crippen molar-refractivity contribution in [2.75, 3.05) is 6.54 Å². The molecule has 0 aromatic carbocycles. The molecule has 2 rings (SSSR count). The van der Waals surface area contributed by atoms with Crippen LogP contribution in [0.4, 0.5) is 0 Å². The van der Waals surface area contributed by atoms with Crippen molar-refractivity contribution in [1.29, 1.82) is 0 Å². The molecule has 2 heterocycles. The molecular weight excluding hydrogens is 202 g/mol. The fourth-order valence-electron chi connectivity index (χ4n) is 1.48. The second-order valence-electron chi connectivity index (χ2n) is 3.20. The van der Waals surface area contributed by atoms with Gasteiger partial charge in [0.1, 0.15) is 0 Å². The summed E-state index contributed by atoms with van der Waals surface area (Å²) in [5.74, 6) is 0.528. The minimum atomic E-state index is 0. The molecule has 5 nitrogen and oxygen atoms in total. The molecule has 6 heteroatoms. The van der Waals surface area contributed by atoms with E-state index < -0.39 is 0 Å². The minimum absolute atomic E-state index is 0. The summed E-state index contributed by atoms with van der Waals surface area (Å²) in [5.41, 5.74) is 6.75. The summed E-state index contributed by atoms with van der Waals surface area (Å²) in [6.45, 7) is 0.790. The van der Waals surface area contributed by atoms with Gasteiger partial charge in [-0.3, -0.25) is 9.67 Å². The third-order valence-corrected chi connectivity index (χ3v) is 2.15. The van der Waals surface area contributed by atoms with E-state index in [4.69, 9.17) is 5.73 Å². The number of nitrogens with one attached hydrogen (secondary N) is 1. The second kappa shape index (κ2) is 4.32. The lowest BCUT2D eigenvalue weighted by molar-refractivity contribution is 0.568. The summed E-state index contributed by atoms with van der Waals surface area (Å²) in [5, 5.41) is 7.23. The van der Waals surface area contributed by atoms with E-state index in [0.29, 0.717) is 5.96 Å². The maximum absolute atomic E-state index is 5.58. The zero-order valence-electron chi connectivity index (χ0n) is 7.97. The molecule has 1 aliphatic heterocycles. The Kier molecular flexibility index (Phi) is 3.35. The molecule has 0 radical (unpaired) electrons. The van der Waals surface area contributed by atoms with Crippen LogP contribution in [0.15, 0.2) is 17.4 Å². The first-order valence-corrected chi connectivity index (χ1v) is 4.31. The maximum atomic E-state index is 5.58. The lowest BCUT2D eigenvalue weighted by Gasteiger charge is -2.21. The number of nitrogens with zero attached hydrogens (tertiary/aromatic N) is 3. The van der Waals surface area contributed by atoms with E-state index in [1.807, 2.05) is 19.4 Å². The number of aliphatic imine (C=N–C) groups is 1. The fraction of sp³-hybridized carbons (Fsp3) is 0.500. The van der Waals surface area contributed by atoms with Gasteiger partial charge in [0.2, 0.25) is 0 Å². The highest BCUT2D eigenvalue weighted by Gasteiger charge is 2.16. The first kappa shape index (κ1) is 10.8. The smallest absolute Gasteiger partial charge is 0.189 e. The van der Waals surface area contributed by atoms with Crippen LogP contribution in [0.2, 0.25) is 0 Å². The normalized spacial score (nSPS) is 20.6. The number of guanidine groups is 1. The predicted molar refractivity (Wildman–Crippen MR) is 57.4 cm³/mol. The molecule has 0 aliphatic carbocycles. The van der Waals surface area contributed by atoms with E-state index in [1.54, 1.807) is 4.68 Å². The molecule has 0 bridgehead atoms. The van der Waals surface area contributed by atoms with Gasteiger partial charge in [-0.2, -0.15) is 5.10 Å². The number of aromatic nitrogens is 2. The number of rotatable bonds is 1. The quantitative estimate of drug-likeness (QED) is 0.703. The van der Waals surface area contributed by atoms with Crippen molar-refractivity contribution in [3.8, 4) is 0 Å². The van der Waals surface area contributed by atoms with Crippen molar-refractivity contribution >= 4 is 18.4 Å². The van der Waals surface area contributed by atoms with Crippen LogP contribution in [0, 0.1) is 0 Å². The van der Waals surface area contributed by atoms with Gasteiger partial charge in [0, 0.05) is 25.4 Å². The number of halogens is 1. The van der Waals surface area contributed by atoms with E-state index >= 15 is 0 Å². The van der Waals surface area contributed by atoms with Crippen LogP contribution in [-0.4, -0.2) is 22.3 Å². The monoisotopic (exact) mass is 215 g/mol. The second-order valence-corrected chi connectivity index (χ2v) is 3.20. The highest BCUT2D eigenvalue weighted by atomic mass is 35.5. The molecule has 0 saturated heterocycles. The Morgan fingerprint density at radius 1 is 1.64 bits per heavy atom. The third kappa shape index (κ3) is 2.17. The standard InChI is InChI=1S/C8H13N5.ClH/c1-13-5-6(4-11-13)7-2-3-10-8(9)12-7;/h4-5,7H,2-3H2,1H3,(H3,9,10,12);1H. The molecule has 1 aliphatic rings. The van der Waals surface area contributed by atoms with Gasteiger partial charge < -0.3 is 11.1 Å². The number of nitrogens with two attached hydrogens (primary N) is 1. The maximum Gasteiger partial charge on any atom is 0.189 e. The van der Waals surface area contributed by atoms with Crippen LogP contribution in [-0.2, 0) is 7.05 Å². The largest absolute Gasteiger partial charge is 0.370 e. The van der Waals surface area contributed by atoms with Crippen LogP contribution in [0.1, 0.15) is 18.0 Å². The van der Waals surface area contributed by atoms with Crippen molar-refractivity contribution in [2.24, 2.45) is 17.8 Å². The van der Waals surface area contributed by atoms with Gasteiger partial charge in [-0.15, -0.1) is 12.4 Å². The molecular formula is C8H14ClN5. The molecule has 1 atom stereocenters. The summed E-state index contributed by atoms with van der Waals surface area (Å²) < 4.78 is 1.79. The van der Waals surface area contributed by atoms with Crippen molar-refractivity contribution in [2.45, 2.75) is 12.5 Å². The van der Waals surface area contributed by atoms with E-state index in [-0.39, 0.29) is 18.4 Å². The van der Waals surface area contributed by atoms with Gasteiger partial charge in [-0.25, -0.2) is 0 Å². The molecule has 1 aromatic heterocycles. The van der Waals surface area contributed by atoms with Crippen LogP contribution >= 0.6 is 12.4 Å². The lowest BCUT2D eigenvalue weighted by Crippen LogP contribution is -2.38. The minimum Gasteiger partial charge on any atom is -0.370 e. The zero-order chi connectivity index (χ0) is 9.26. The average Bonchev–Trinajstić information content (AvgIpc) is 2.52. The predicted octanol–water partition coefficient (Wildman–Crippen LogP) is 0.191. The Bertz CT molecular complexity index is 332. The summed E-state index contributed by atoms with van der Waals surface area (Å²) in [4.78, 5) is 4.07. The van der Waals surface area contributed by atoms with Gasteiger partial charge in [-0.05, 0) is 6.42 Å². The van der Waals surface area contributed by atoms with Crippen LogP contribution in [0.3, 0.4) is 0 Å². The highest BCUT2D eigenvalue weighted by Crippen LogP contribution is 2.17. The van der Waals surface area contributed by atoms with Gasteiger partial charge in [0.25, 0.3) is 0 Å². The van der Waals surface area contributed by atoms with Crippen molar-refractivity contribution in [3.63, 3.8) is 0 Å². The summed E-state index contributed by atoms with van der Waals surface area (Å²) in [6.07, 6.45) is 4.83. The number of aryl methyl sites for hydroxylation is 1. The molecule has 1 unspecified atom stereocenters. The SMILES string of the molecule is Cl.Cn1cc(C2CCN=C(N)N2)cn1. The Morgan fingerprint density at radius 3 is 3.00 bits per heavy atom.